The largest absolute Gasteiger partial charge is 0.497 e. The molecule has 2 heterocycles. The summed E-state index contributed by atoms with van der Waals surface area (Å²) in [4.78, 5) is 29.2. The van der Waals surface area contributed by atoms with Crippen molar-refractivity contribution in [1.82, 2.24) is 4.90 Å². The molecule has 5 rings (SSSR count). The van der Waals surface area contributed by atoms with E-state index in [0.29, 0.717) is 49.7 Å². The van der Waals surface area contributed by atoms with E-state index in [1.807, 2.05) is 54.6 Å². The van der Waals surface area contributed by atoms with E-state index >= 15 is 0 Å². The molecule has 0 aromatic heterocycles. The Hall–Kier alpha value is -4.00. The maximum Gasteiger partial charge on any atom is 0.254 e. The highest BCUT2D eigenvalue weighted by Crippen LogP contribution is 2.39. The summed E-state index contributed by atoms with van der Waals surface area (Å²) >= 11 is 0. The van der Waals surface area contributed by atoms with Crippen molar-refractivity contribution in [1.29, 1.82) is 0 Å². The van der Waals surface area contributed by atoms with Crippen LogP contribution in [-0.2, 0) is 11.3 Å². The minimum absolute atomic E-state index is 0.0966. The average Bonchev–Trinajstić information content (AvgIpc) is 3.21. The van der Waals surface area contributed by atoms with Crippen LogP contribution < -0.4 is 19.1 Å². The van der Waals surface area contributed by atoms with Gasteiger partial charge in [0.05, 0.1) is 20.8 Å². The zero-order valence-corrected chi connectivity index (χ0v) is 20.0. The number of hydrogen-bond acceptors (Lipinski definition) is 5. The van der Waals surface area contributed by atoms with Crippen LogP contribution in [0.5, 0.6) is 17.2 Å². The Morgan fingerprint density at radius 1 is 0.943 bits per heavy atom. The highest BCUT2D eigenvalue weighted by atomic mass is 16.5. The summed E-state index contributed by atoms with van der Waals surface area (Å²) in [6.45, 7) is 1.87. The van der Waals surface area contributed by atoms with Crippen LogP contribution in [0.1, 0.15) is 28.8 Å². The van der Waals surface area contributed by atoms with Gasteiger partial charge in [-0.1, -0.05) is 18.2 Å². The van der Waals surface area contributed by atoms with Crippen molar-refractivity contribution >= 4 is 17.5 Å². The second-order valence-electron chi connectivity index (χ2n) is 8.67. The molecule has 2 amide bonds. The molecule has 35 heavy (non-hydrogen) atoms. The van der Waals surface area contributed by atoms with Gasteiger partial charge < -0.3 is 24.0 Å². The van der Waals surface area contributed by atoms with Gasteiger partial charge in [0.1, 0.15) is 12.4 Å². The monoisotopic (exact) mass is 472 g/mol. The van der Waals surface area contributed by atoms with Crippen LogP contribution in [0, 0.1) is 0 Å². The molecule has 2 aliphatic heterocycles. The van der Waals surface area contributed by atoms with Gasteiger partial charge in [0.2, 0.25) is 5.91 Å². The maximum atomic E-state index is 13.5. The number of rotatable bonds is 5. The number of carbonyl (C=O) groups excluding carboxylic acids is 2. The molecule has 180 valence electrons. The molecule has 0 radical (unpaired) electrons. The third kappa shape index (κ3) is 4.54. The van der Waals surface area contributed by atoms with Gasteiger partial charge in [0.25, 0.3) is 5.91 Å². The lowest BCUT2D eigenvalue weighted by atomic mass is 10.0. The van der Waals surface area contributed by atoms with E-state index in [-0.39, 0.29) is 11.8 Å². The van der Waals surface area contributed by atoms with E-state index in [2.05, 4.69) is 0 Å². The first-order valence-corrected chi connectivity index (χ1v) is 11.7. The van der Waals surface area contributed by atoms with Crippen molar-refractivity contribution in [2.24, 2.45) is 0 Å². The van der Waals surface area contributed by atoms with Crippen LogP contribution in [0.4, 0.5) is 5.69 Å². The third-order valence-electron chi connectivity index (χ3n) is 6.49. The maximum absolute atomic E-state index is 13.5. The molecule has 2 aliphatic rings. The van der Waals surface area contributed by atoms with Gasteiger partial charge in [-0.25, -0.2) is 0 Å². The summed E-state index contributed by atoms with van der Waals surface area (Å²) in [7, 11) is 3.26. The molecule has 0 spiro atoms. The normalized spacial score (nSPS) is 15.3. The SMILES string of the molecule is COc1cccc(-c2cc3c(c(OC)c2)OCCN(C(=O)c2cccc(N4CCCC4=O)c2)C3)c1. The van der Waals surface area contributed by atoms with Crippen molar-refractivity contribution in [3.05, 3.63) is 71.8 Å². The summed E-state index contributed by atoms with van der Waals surface area (Å²) in [5, 5.41) is 0. The van der Waals surface area contributed by atoms with Crippen LogP contribution in [-0.4, -0.2) is 50.6 Å². The molecule has 0 aliphatic carbocycles. The first-order valence-electron chi connectivity index (χ1n) is 11.7. The Balaban J connectivity index is 1.46. The average molecular weight is 473 g/mol. The molecule has 7 heteroatoms. The molecule has 3 aromatic carbocycles. The Labute approximate surface area is 204 Å². The molecule has 0 saturated carbocycles. The number of ether oxygens (including phenoxy) is 3. The summed E-state index contributed by atoms with van der Waals surface area (Å²) in [5.41, 5.74) is 4.13. The van der Waals surface area contributed by atoms with Crippen LogP contribution in [0.25, 0.3) is 11.1 Å². The van der Waals surface area contributed by atoms with E-state index in [0.717, 1.165) is 34.5 Å². The molecular formula is C28H28N2O5. The number of benzene rings is 3. The Morgan fingerprint density at radius 3 is 2.57 bits per heavy atom. The standard InChI is InChI=1S/C28H28N2O5/c1-33-24-9-4-6-19(16-24)21-14-22-18-29(12-13-35-27(22)25(17-21)34-2)28(32)20-7-3-8-23(15-20)30-11-5-10-26(30)31/h3-4,6-9,14-17H,5,10-13,18H2,1-2H3. The van der Waals surface area contributed by atoms with E-state index in [1.54, 1.807) is 30.1 Å². The fraction of sp³-hybridized carbons (Fsp3) is 0.286. The fourth-order valence-electron chi connectivity index (χ4n) is 4.69. The topological polar surface area (TPSA) is 68.3 Å². The van der Waals surface area contributed by atoms with Gasteiger partial charge >= 0.3 is 0 Å². The molecular weight excluding hydrogens is 444 g/mol. The molecule has 0 N–H and O–H groups in total. The first kappa shape index (κ1) is 22.8. The quantitative estimate of drug-likeness (QED) is 0.546. The number of anilines is 1. The number of methoxy groups -OCH3 is 2. The summed E-state index contributed by atoms with van der Waals surface area (Å²) in [6.07, 6.45) is 1.39. The summed E-state index contributed by atoms with van der Waals surface area (Å²) < 4.78 is 17.1. The van der Waals surface area contributed by atoms with E-state index < -0.39 is 0 Å². The lowest BCUT2D eigenvalue weighted by Gasteiger charge is -2.22. The lowest BCUT2D eigenvalue weighted by molar-refractivity contribution is -0.117. The van der Waals surface area contributed by atoms with Crippen LogP contribution >= 0.6 is 0 Å². The van der Waals surface area contributed by atoms with Crippen molar-refractivity contribution in [2.45, 2.75) is 19.4 Å². The predicted molar refractivity (Wildman–Crippen MR) is 133 cm³/mol. The highest BCUT2D eigenvalue weighted by Gasteiger charge is 2.26. The van der Waals surface area contributed by atoms with Crippen molar-refractivity contribution in [2.75, 3.05) is 38.8 Å². The number of carbonyl (C=O) groups is 2. The molecule has 3 aromatic rings. The molecule has 0 bridgehead atoms. The molecule has 0 unspecified atom stereocenters. The van der Waals surface area contributed by atoms with Crippen molar-refractivity contribution in [3.8, 4) is 28.4 Å². The lowest BCUT2D eigenvalue weighted by Crippen LogP contribution is -2.32. The zero-order chi connectivity index (χ0) is 24.4. The van der Waals surface area contributed by atoms with Gasteiger partial charge in [-0.15, -0.1) is 0 Å². The fourth-order valence-corrected chi connectivity index (χ4v) is 4.69. The van der Waals surface area contributed by atoms with Gasteiger partial charge in [0.15, 0.2) is 11.5 Å². The highest BCUT2D eigenvalue weighted by molar-refractivity contribution is 5.99. The minimum atomic E-state index is -0.0966. The van der Waals surface area contributed by atoms with Crippen LogP contribution in [0.15, 0.2) is 60.7 Å². The van der Waals surface area contributed by atoms with E-state index in [4.69, 9.17) is 14.2 Å². The number of hydrogen-bond donors (Lipinski definition) is 0. The zero-order valence-electron chi connectivity index (χ0n) is 20.0. The van der Waals surface area contributed by atoms with Crippen molar-refractivity contribution in [3.63, 3.8) is 0 Å². The van der Waals surface area contributed by atoms with Crippen molar-refractivity contribution < 1.29 is 23.8 Å². The van der Waals surface area contributed by atoms with Gasteiger partial charge in [-0.05, 0) is 60.0 Å². The third-order valence-corrected chi connectivity index (χ3v) is 6.49. The molecule has 1 saturated heterocycles. The smallest absolute Gasteiger partial charge is 0.254 e. The Kier molecular flexibility index (Phi) is 6.31. The molecule has 0 atom stereocenters. The Morgan fingerprint density at radius 2 is 1.80 bits per heavy atom. The van der Waals surface area contributed by atoms with E-state index in [1.165, 1.54) is 0 Å². The Bertz CT molecular complexity index is 1270. The van der Waals surface area contributed by atoms with E-state index in [9.17, 15) is 9.59 Å². The molecule has 1 fully saturated rings. The number of amides is 2. The van der Waals surface area contributed by atoms with Gasteiger partial charge in [-0.3, -0.25) is 9.59 Å². The minimum Gasteiger partial charge on any atom is -0.497 e. The number of fused-ring (bicyclic) bond motifs is 1. The van der Waals surface area contributed by atoms with Crippen LogP contribution in [0.3, 0.4) is 0 Å². The van der Waals surface area contributed by atoms with Gasteiger partial charge in [-0.2, -0.15) is 0 Å². The number of nitrogens with zero attached hydrogens (tertiary/aromatic N) is 2. The second kappa shape index (κ2) is 9.70. The second-order valence-corrected chi connectivity index (χ2v) is 8.67. The first-order chi connectivity index (χ1) is 17.1. The summed E-state index contributed by atoms with van der Waals surface area (Å²) in [6, 6.07) is 19.1. The van der Waals surface area contributed by atoms with Gasteiger partial charge in [0, 0.05) is 36.3 Å². The molecule has 7 nitrogen and oxygen atoms in total. The predicted octanol–water partition coefficient (Wildman–Crippen LogP) is 4.53. The summed E-state index contributed by atoms with van der Waals surface area (Å²) in [5.74, 6) is 2.06. The van der Waals surface area contributed by atoms with Crippen LogP contribution in [0.2, 0.25) is 0 Å².